The molecule has 0 unspecified atom stereocenters. The van der Waals surface area contributed by atoms with E-state index in [1.165, 1.54) is 11.1 Å². The highest BCUT2D eigenvalue weighted by atomic mass is 14.9. The topological polar surface area (TPSA) is 17.3 Å². The Balaban J connectivity index is 2.01. The minimum Gasteiger partial charge on any atom is -0.320 e. The van der Waals surface area contributed by atoms with Gasteiger partial charge in [-0.15, -0.1) is 0 Å². The van der Waals surface area contributed by atoms with Gasteiger partial charge in [0.05, 0.1) is 16.9 Å². The predicted molar refractivity (Wildman–Crippen MR) is 69.2 cm³/mol. The number of rotatable bonds is 2. The maximum Gasteiger partial charge on any atom is 0.0664 e. The molecule has 0 aliphatic rings. The lowest BCUT2D eigenvalue weighted by Gasteiger charge is -2.05. The molecule has 1 aromatic carbocycles. The van der Waals surface area contributed by atoms with Crippen molar-refractivity contribution >= 4 is 5.52 Å². The van der Waals surface area contributed by atoms with E-state index in [1.54, 1.807) is 0 Å². The van der Waals surface area contributed by atoms with Crippen LogP contribution >= 0.6 is 0 Å². The van der Waals surface area contributed by atoms with Gasteiger partial charge in [-0.1, -0.05) is 30.3 Å². The standard InChI is InChI=1S/C15H14N2/c1-12-15-8-5-9-17(15)11-14(16-12)10-13-6-3-2-4-7-13/h2-9,11H,10H2,1H3. The average molecular weight is 222 g/mol. The van der Waals surface area contributed by atoms with Crippen LogP contribution in [0.1, 0.15) is 17.0 Å². The monoisotopic (exact) mass is 222 g/mol. The number of fused-ring (bicyclic) bond motifs is 1. The van der Waals surface area contributed by atoms with E-state index >= 15 is 0 Å². The van der Waals surface area contributed by atoms with Gasteiger partial charge in [-0.05, 0) is 24.6 Å². The van der Waals surface area contributed by atoms with Gasteiger partial charge in [-0.3, -0.25) is 4.98 Å². The zero-order valence-electron chi connectivity index (χ0n) is 9.80. The second-order valence-corrected chi connectivity index (χ2v) is 4.28. The second kappa shape index (κ2) is 4.06. The molecule has 0 fully saturated rings. The van der Waals surface area contributed by atoms with Crippen molar-refractivity contribution in [2.24, 2.45) is 0 Å². The maximum atomic E-state index is 4.65. The summed E-state index contributed by atoms with van der Waals surface area (Å²) in [4.78, 5) is 4.65. The quantitative estimate of drug-likeness (QED) is 0.650. The van der Waals surface area contributed by atoms with Crippen molar-refractivity contribution in [1.82, 2.24) is 9.38 Å². The molecule has 0 atom stereocenters. The molecular formula is C15H14N2. The molecule has 2 aromatic heterocycles. The molecule has 0 radical (unpaired) electrons. The smallest absolute Gasteiger partial charge is 0.0664 e. The minimum atomic E-state index is 0.885. The molecule has 0 amide bonds. The molecule has 3 rings (SSSR count). The van der Waals surface area contributed by atoms with E-state index in [-0.39, 0.29) is 0 Å². The zero-order valence-corrected chi connectivity index (χ0v) is 9.80. The molecule has 0 N–H and O–H groups in total. The van der Waals surface area contributed by atoms with Crippen molar-refractivity contribution in [2.75, 3.05) is 0 Å². The summed E-state index contributed by atoms with van der Waals surface area (Å²) in [6.45, 7) is 2.06. The summed E-state index contributed by atoms with van der Waals surface area (Å²) in [5.41, 5.74) is 4.67. The lowest BCUT2D eigenvalue weighted by atomic mass is 10.1. The van der Waals surface area contributed by atoms with Gasteiger partial charge >= 0.3 is 0 Å². The normalized spacial score (nSPS) is 10.9. The van der Waals surface area contributed by atoms with Crippen LogP contribution in [0.3, 0.4) is 0 Å². The van der Waals surface area contributed by atoms with Crippen LogP contribution in [0.25, 0.3) is 5.52 Å². The Morgan fingerprint density at radius 1 is 1.06 bits per heavy atom. The number of nitrogens with zero attached hydrogens (tertiary/aromatic N) is 2. The van der Waals surface area contributed by atoms with Crippen LogP contribution in [0.2, 0.25) is 0 Å². The number of hydrogen-bond donors (Lipinski definition) is 0. The van der Waals surface area contributed by atoms with Crippen LogP contribution in [-0.2, 0) is 6.42 Å². The molecule has 0 aliphatic carbocycles. The van der Waals surface area contributed by atoms with E-state index in [0.29, 0.717) is 0 Å². The third-order valence-corrected chi connectivity index (χ3v) is 2.98. The Hall–Kier alpha value is -2.09. The fourth-order valence-corrected chi connectivity index (χ4v) is 2.17. The number of aromatic nitrogens is 2. The van der Waals surface area contributed by atoms with E-state index in [9.17, 15) is 0 Å². The first-order valence-corrected chi connectivity index (χ1v) is 5.80. The summed E-state index contributed by atoms with van der Waals surface area (Å²) in [7, 11) is 0. The summed E-state index contributed by atoms with van der Waals surface area (Å²) in [6, 6.07) is 14.6. The fraction of sp³-hybridized carbons (Fsp3) is 0.133. The van der Waals surface area contributed by atoms with E-state index in [4.69, 9.17) is 0 Å². The van der Waals surface area contributed by atoms with Gasteiger partial charge in [0.15, 0.2) is 0 Å². The van der Waals surface area contributed by atoms with Crippen LogP contribution in [0.5, 0.6) is 0 Å². The molecule has 0 saturated heterocycles. The van der Waals surface area contributed by atoms with Crippen molar-refractivity contribution in [2.45, 2.75) is 13.3 Å². The average Bonchev–Trinajstić information content (AvgIpc) is 2.79. The van der Waals surface area contributed by atoms with E-state index in [0.717, 1.165) is 17.8 Å². The molecule has 2 nitrogen and oxygen atoms in total. The summed E-state index contributed by atoms with van der Waals surface area (Å²) in [5, 5.41) is 0. The minimum absolute atomic E-state index is 0.885. The van der Waals surface area contributed by atoms with Gasteiger partial charge in [-0.25, -0.2) is 0 Å². The SMILES string of the molecule is Cc1nc(Cc2ccccc2)cn2cccc12. The van der Waals surface area contributed by atoms with Gasteiger partial charge in [0.1, 0.15) is 0 Å². The zero-order chi connectivity index (χ0) is 11.7. The van der Waals surface area contributed by atoms with Crippen molar-refractivity contribution < 1.29 is 0 Å². The third-order valence-electron chi connectivity index (χ3n) is 2.98. The lowest BCUT2D eigenvalue weighted by molar-refractivity contribution is 0.983. The Kier molecular flexibility index (Phi) is 2.41. The van der Waals surface area contributed by atoms with Crippen LogP contribution in [-0.4, -0.2) is 9.38 Å². The lowest BCUT2D eigenvalue weighted by Crippen LogP contribution is -1.98. The highest BCUT2D eigenvalue weighted by Gasteiger charge is 2.02. The summed E-state index contributed by atoms with van der Waals surface area (Å²) in [6.07, 6.45) is 5.06. The molecular weight excluding hydrogens is 208 g/mol. The largest absolute Gasteiger partial charge is 0.320 e. The van der Waals surface area contributed by atoms with Gasteiger partial charge < -0.3 is 4.40 Å². The van der Waals surface area contributed by atoms with E-state index in [2.05, 4.69) is 65.1 Å². The summed E-state index contributed by atoms with van der Waals surface area (Å²) < 4.78 is 2.14. The Morgan fingerprint density at radius 2 is 1.88 bits per heavy atom. The molecule has 3 aromatic rings. The first kappa shape index (κ1) is 10.1. The van der Waals surface area contributed by atoms with E-state index in [1.807, 2.05) is 6.07 Å². The van der Waals surface area contributed by atoms with Gasteiger partial charge in [0.2, 0.25) is 0 Å². The van der Waals surface area contributed by atoms with Gasteiger partial charge in [-0.2, -0.15) is 0 Å². The first-order valence-electron chi connectivity index (χ1n) is 5.80. The van der Waals surface area contributed by atoms with Crippen molar-refractivity contribution in [3.8, 4) is 0 Å². The van der Waals surface area contributed by atoms with Crippen molar-refractivity contribution in [1.29, 1.82) is 0 Å². The van der Waals surface area contributed by atoms with E-state index < -0.39 is 0 Å². The highest BCUT2D eigenvalue weighted by molar-refractivity contribution is 5.52. The maximum absolute atomic E-state index is 4.65. The Labute approximate surface area is 101 Å². The van der Waals surface area contributed by atoms with Crippen LogP contribution in [0.15, 0.2) is 54.9 Å². The van der Waals surface area contributed by atoms with Crippen LogP contribution in [0.4, 0.5) is 0 Å². The number of benzene rings is 1. The van der Waals surface area contributed by atoms with Gasteiger partial charge in [0.25, 0.3) is 0 Å². The molecule has 0 spiro atoms. The number of aryl methyl sites for hydroxylation is 1. The first-order chi connectivity index (χ1) is 8.33. The molecule has 0 saturated carbocycles. The van der Waals surface area contributed by atoms with Crippen molar-refractivity contribution in [3.63, 3.8) is 0 Å². The van der Waals surface area contributed by atoms with Crippen molar-refractivity contribution in [3.05, 3.63) is 71.8 Å². The Bertz CT molecular complexity index is 638. The molecule has 0 bridgehead atoms. The molecule has 84 valence electrons. The molecule has 17 heavy (non-hydrogen) atoms. The fourth-order valence-electron chi connectivity index (χ4n) is 2.17. The summed E-state index contributed by atoms with van der Waals surface area (Å²) in [5.74, 6) is 0. The highest BCUT2D eigenvalue weighted by Crippen LogP contribution is 2.12. The molecule has 2 heterocycles. The van der Waals surface area contributed by atoms with Crippen LogP contribution < -0.4 is 0 Å². The van der Waals surface area contributed by atoms with Gasteiger partial charge in [0, 0.05) is 18.8 Å². The summed E-state index contributed by atoms with van der Waals surface area (Å²) >= 11 is 0. The third kappa shape index (κ3) is 1.94. The molecule has 2 heteroatoms. The Morgan fingerprint density at radius 3 is 2.71 bits per heavy atom. The predicted octanol–water partition coefficient (Wildman–Crippen LogP) is 3.23. The second-order valence-electron chi connectivity index (χ2n) is 4.28. The number of hydrogen-bond acceptors (Lipinski definition) is 1. The van der Waals surface area contributed by atoms with Crippen LogP contribution in [0, 0.1) is 6.92 Å². The molecule has 0 aliphatic heterocycles.